The third-order valence-corrected chi connectivity index (χ3v) is 3.20. The van der Waals surface area contributed by atoms with Gasteiger partial charge in [-0.2, -0.15) is 5.10 Å². The second-order valence-corrected chi connectivity index (χ2v) is 4.72. The van der Waals surface area contributed by atoms with Crippen molar-refractivity contribution in [2.75, 3.05) is 11.9 Å². The van der Waals surface area contributed by atoms with Crippen LogP contribution in [0.1, 0.15) is 19.8 Å². The molecule has 0 aliphatic rings. The molecule has 2 aromatic heterocycles. The van der Waals surface area contributed by atoms with Crippen molar-refractivity contribution in [3.63, 3.8) is 0 Å². The van der Waals surface area contributed by atoms with E-state index in [-0.39, 0.29) is 10.6 Å². The number of aromatic nitrogens is 5. The molecule has 0 saturated heterocycles. The summed E-state index contributed by atoms with van der Waals surface area (Å²) in [7, 11) is 0. The van der Waals surface area contributed by atoms with E-state index in [1.165, 1.54) is 4.68 Å². The molecule has 20 heavy (non-hydrogen) atoms. The first-order valence-corrected chi connectivity index (χ1v) is 6.93. The van der Waals surface area contributed by atoms with E-state index in [0.717, 1.165) is 12.8 Å². The average Bonchev–Trinajstić information content (AvgIpc) is 2.96. The second kappa shape index (κ2) is 7.04. The van der Waals surface area contributed by atoms with E-state index in [4.69, 9.17) is 11.6 Å². The summed E-state index contributed by atoms with van der Waals surface area (Å²) in [5.41, 5.74) is 0.287. The van der Waals surface area contributed by atoms with Crippen LogP contribution in [0.25, 0.3) is 0 Å². The Bertz CT molecular complexity index is 594. The topological polar surface area (TPSA) is 77.6 Å². The highest BCUT2D eigenvalue weighted by Crippen LogP contribution is 2.14. The zero-order valence-electron chi connectivity index (χ0n) is 11.3. The lowest BCUT2D eigenvalue weighted by molar-refractivity contribution is 0.543. The van der Waals surface area contributed by atoms with Crippen molar-refractivity contribution < 1.29 is 0 Å². The van der Waals surface area contributed by atoms with E-state index in [1.54, 1.807) is 23.3 Å². The molecule has 0 aliphatic carbocycles. The molecule has 0 fully saturated rings. The normalized spacial score (nSPS) is 10.7. The first-order valence-electron chi connectivity index (χ1n) is 6.56. The molecular weight excluding hydrogens is 280 g/mol. The Morgan fingerprint density at radius 3 is 2.95 bits per heavy atom. The first kappa shape index (κ1) is 14.5. The van der Waals surface area contributed by atoms with Crippen LogP contribution in [0.5, 0.6) is 0 Å². The summed E-state index contributed by atoms with van der Waals surface area (Å²) >= 11 is 6.07. The van der Waals surface area contributed by atoms with Gasteiger partial charge in [0, 0.05) is 19.3 Å². The summed E-state index contributed by atoms with van der Waals surface area (Å²) in [5, 5.41) is 14.9. The van der Waals surface area contributed by atoms with Gasteiger partial charge in [-0.3, -0.25) is 9.48 Å². The van der Waals surface area contributed by atoms with E-state index in [1.807, 2.05) is 0 Å². The molecule has 0 aromatic carbocycles. The highest BCUT2D eigenvalue weighted by molar-refractivity contribution is 6.32. The van der Waals surface area contributed by atoms with Gasteiger partial charge in [0.05, 0.1) is 24.6 Å². The number of hydrogen-bond donors (Lipinski definition) is 1. The Kier molecular flexibility index (Phi) is 5.11. The number of hydrogen-bond acceptors (Lipinski definition) is 5. The zero-order valence-corrected chi connectivity index (χ0v) is 12.0. The minimum atomic E-state index is -0.258. The van der Waals surface area contributed by atoms with Crippen LogP contribution in [0.3, 0.4) is 0 Å². The van der Waals surface area contributed by atoms with E-state index in [2.05, 4.69) is 27.7 Å². The number of anilines is 1. The van der Waals surface area contributed by atoms with Crippen molar-refractivity contribution in [2.24, 2.45) is 0 Å². The third kappa shape index (κ3) is 3.57. The van der Waals surface area contributed by atoms with E-state index in [9.17, 15) is 4.79 Å². The van der Waals surface area contributed by atoms with Gasteiger partial charge >= 0.3 is 0 Å². The van der Waals surface area contributed by atoms with Crippen LogP contribution in [-0.2, 0) is 13.1 Å². The van der Waals surface area contributed by atoms with Crippen LogP contribution in [0.15, 0.2) is 23.4 Å². The fourth-order valence-electron chi connectivity index (χ4n) is 1.71. The van der Waals surface area contributed by atoms with Crippen molar-refractivity contribution >= 4 is 17.3 Å². The van der Waals surface area contributed by atoms with Crippen molar-refractivity contribution in [2.45, 2.75) is 32.9 Å². The minimum Gasteiger partial charge on any atom is -0.381 e. The Hall–Kier alpha value is -1.89. The maximum absolute atomic E-state index is 12.0. The fraction of sp³-hybridized carbons (Fsp3) is 0.500. The lowest BCUT2D eigenvalue weighted by atomic mass is 10.3. The predicted molar refractivity (Wildman–Crippen MR) is 76.9 cm³/mol. The van der Waals surface area contributed by atoms with Crippen LogP contribution < -0.4 is 10.9 Å². The van der Waals surface area contributed by atoms with Gasteiger partial charge in [0.25, 0.3) is 5.56 Å². The Morgan fingerprint density at radius 1 is 1.40 bits per heavy atom. The smallest absolute Gasteiger partial charge is 0.287 e. The van der Waals surface area contributed by atoms with Gasteiger partial charge in [0.1, 0.15) is 5.02 Å². The molecule has 2 aromatic rings. The number of rotatable bonds is 7. The molecule has 0 aliphatic heterocycles. The molecule has 0 atom stereocenters. The SMILES string of the molecule is CCCCn1ncc(NCCn2ccnn2)c(Cl)c1=O. The van der Waals surface area contributed by atoms with Gasteiger partial charge in [0.15, 0.2) is 0 Å². The van der Waals surface area contributed by atoms with Gasteiger partial charge in [0.2, 0.25) is 0 Å². The lowest BCUT2D eigenvalue weighted by Crippen LogP contribution is -2.25. The molecule has 2 heterocycles. The fourth-order valence-corrected chi connectivity index (χ4v) is 1.93. The van der Waals surface area contributed by atoms with Gasteiger partial charge < -0.3 is 5.32 Å². The summed E-state index contributed by atoms with van der Waals surface area (Å²) in [6.07, 6.45) is 6.88. The number of halogens is 1. The second-order valence-electron chi connectivity index (χ2n) is 4.35. The molecular formula is C12H17ClN6O. The monoisotopic (exact) mass is 296 g/mol. The molecule has 0 bridgehead atoms. The average molecular weight is 297 g/mol. The van der Waals surface area contributed by atoms with Gasteiger partial charge in [-0.1, -0.05) is 30.2 Å². The van der Waals surface area contributed by atoms with Crippen LogP contribution in [0.2, 0.25) is 5.02 Å². The molecule has 7 nitrogen and oxygen atoms in total. The maximum Gasteiger partial charge on any atom is 0.287 e. The quantitative estimate of drug-likeness (QED) is 0.835. The standard InChI is InChI=1S/C12H17ClN6O/c1-2-3-6-19-12(20)11(13)10(9-16-19)14-4-7-18-8-5-15-17-18/h5,8-9,14H,2-4,6-7H2,1H3. The van der Waals surface area contributed by atoms with Crippen molar-refractivity contribution in [3.8, 4) is 0 Å². The van der Waals surface area contributed by atoms with E-state index >= 15 is 0 Å². The molecule has 0 unspecified atom stereocenters. The van der Waals surface area contributed by atoms with Crippen molar-refractivity contribution in [3.05, 3.63) is 34.0 Å². The first-order chi connectivity index (χ1) is 9.72. The molecule has 108 valence electrons. The summed E-state index contributed by atoms with van der Waals surface area (Å²) in [6.45, 7) is 3.87. The summed E-state index contributed by atoms with van der Waals surface area (Å²) in [4.78, 5) is 12.0. The van der Waals surface area contributed by atoms with Gasteiger partial charge in [-0.25, -0.2) is 4.68 Å². The van der Waals surface area contributed by atoms with Crippen molar-refractivity contribution in [1.29, 1.82) is 0 Å². The Morgan fingerprint density at radius 2 is 2.25 bits per heavy atom. The summed E-state index contributed by atoms with van der Waals surface area (Å²) in [5.74, 6) is 0. The van der Waals surface area contributed by atoms with Crippen LogP contribution in [0, 0.1) is 0 Å². The molecule has 8 heteroatoms. The molecule has 2 rings (SSSR count). The van der Waals surface area contributed by atoms with E-state index < -0.39 is 0 Å². The van der Waals surface area contributed by atoms with Crippen LogP contribution in [-0.4, -0.2) is 31.3 Å². The number of nitrogens with zero attached hydrogens (tertiary/aromatic N) is 5. The number of unbranched alkanes of at least 4 members (excludes halogenated alkanes) is 1. The van der Waals surface area contributed by atoms with Crippen molar-refractivity contribution in [1.82, 2.24) is 24.8 Å². The van der Waals surface area contributed by atoms with Crippen LogP contribution >= 0.6 is 11.6 Å². The molecule has 0 amide bonds. The highest BCUT2D eigenvalue weighted by Gasteiger charge is 2.08. The van der Waals surface area contributed by atoms with Gasteiger partial charge in [-0.15, -0.1) is 5.10 Å². The summed E-state index contributed by atoms with van der Waals surface area (Å²) in [6, 6.07) is 0. The molecule has 1 N–H and O–H groups in total. The summed E-state index contributed by atoms with van der Waals surface area (Å²) < 4.78 is 3.09. The largest absolute Gasteiger partial charge is 0.381 e. The van der Waals surface area contributed by atoms with Crippen LogP contribution in [0.4, 0.5) is 5.69 Å². The molecule has 0 saturated carbocycles. The molecule has 0 radical (unpaired) electrons. The zero-order chi connectivity index (χ0) is 14.4. The predicted octanol–water partition coefficient (Wildman–Crippen LogP) is 1.40. The maximum atomic E-state index is 12.0. The lowest BCUT2D eigenvalue weighted by Gasteiger charge is -2.09. The Balaban J connectivity index is 1.98. The number of nitrogens with one attached hydrogen (secondary N) is 1. The minimum absolute atomic E-state index is 0.176. The van der Waals surface area contributed by atoms with Gasteiger partial charge in [-0.05, 0) is 6.42 Å². The van der Waals surface area contributed by atoms with E-state index in [0.29, 0.717) is 25.3 Å². The highest BCUT2D eigenvalue weighted by atomic mass is 35.5. The number of aryl methyl sites for hydroxylation is 1. The molecule has 0 spiro atoms. The Labute approximate surface area is 121 Å². The third-order valence-electron chi connectivity index (χ3n) is 2.84.